The molecule has 0 spiro atoms. The molecular weight excluding hydrogens is 467 g/mol. The zero-order valence-electron chi connectivity index (χ0n) is 16.0. The lowest BCUT2D eigenvalue weighted by Gasteiger charge is -2.15. The number of benzene rings is 1. The van der Waals surface area contributed by atoms with E-state index in [9.17, 15) is 26.7 Å². The highest BCUT2D eigenvalue weighted by Gasteiger charge is 2.32. The number of aromatic nitrogens is 5. The van der Waals surface area contributed by atoms with E-state index >= 15 is 0 Å². The van der Waals surface area contributed by atoms with E-state index in [1.807, 2.05) is 0 Å². The van der Waals surface area contributed by atoms with Gasteiger partial charge in [0.25, 0.3) is 12.3 Å². The first-order chi connectivity index (χ1) is 14.0. The van der Waals surface area contributed by atoms with Gasteiger partial charge in [0.1, 0.15) is 12.0 Å². The van der Waals surface area contributed by atoms with Gasteiger partial charge < -0.3 is 5.32 Å². The minimum Gasteiger partial charge on any atom is -0.342 e. The zero-order valence-corrected chi connectivity index (χ0v) is 17.7. The third kappa shape index (κ3) is 5.34. The molecule has 1 amide bonds. The molecule has 0 bridgehead atoms. The topological polar surface area (TPSA) is 77.6 Å². The highest BCUT2D eigenvalue weighted by molar-refractivity contribution is 7.59. The van der Waals surface area contributed by atoms with E-state index in [1.54, 1.807) is 0 Å². The lowest BCUT2D eigenvalue weighted by atomic mass is 10.1. The number of carbonyl (C=O) groups excluding carboxylic acids is 1. The van der Waals surface area contributed by atoms with Crippen molar-refractivity contribution in [2.45, 2.75) is 25.6 Å². The Morgan fingerprint density at radius 3 is 2.52 bits per heavy atom. The zero-order chi connectivity index (χ0) is 22.2. The van der Waals surface area contributed by atoms with Gasteiger partial charge in [0.2, 0.25) is 0 Å². The van der Waals surface area contributed by atoms with Crippen LogP contribution >= 0.6 is 25.1 Å². The number of nitrogens with one attached hydrogen (secondary N) is 1. The maximum Gasteiger partial charge on any atom is 0.416 e. The normalized spacial score (nSPS) is 12.5. The summed E-state index contributed by atoms with van der Waals surface area (Å²) in [5.41, 5.74) is -1.97. The van der Waals surface area contributed by atoms with Crippen molar-refractivity contribution in [1.29, 1.82) is 0 Å². The molecule has 3 aromatic rings. The fourth-order valence-electron chi connectivity index (χ4n) is 2.77. The second-order valence-electron chi connectivity index (χ2n) is 6.33. The molecule has 31 heavy (non-hydrogen) atoms. The lowest BCUT2D eigenvalue weighted by molar-refractivity contribution is -0.137. The van der Waals surface area contributed by atoms with Crippen LogP contribution in [0.15, 0.2) is 30.7 Å². The number of halogens is 6. The summed E-state index contributed by atoms with van der Waals surface area (Å²) in [5, 5.41) is 9.79. The number of rotatable bonds is 5. The Balaban J connectivity index is 0.00000341. The predicted octanol–water partition coefficient (Wildman–Crippen LogP) is 4.21. The number of alkyl halides is 5. The summed E-state index contributed by atoms with van der Waals surface area (Å²) >= 11 is 5.70. The molecule has 1 N–H and O–H groups in total. The van der Waals surface area contributed by atoms with Crippen LogP contribution in [-0.2, 0) is 13.2 Å². The van der Waals surface area contributed by atoms with E-state index in [1.165, 1.54) is 24.9 Å². The van der Waals surface area contributed by atoms with Gasteiger partial charge in [-0.1, -0.05) is 11.6 Å². The Morgan fingerprint density at radius 2 is 1.90 bits per heavy atom. The van der Waals surface area contributed by atoms with Gasteiger partial charge >= 0.3 is 6.18 Å². The van der Waals surface area contributed by atoms with Crippen LogP contribution in [0.4, 0.5) is 22.0 Å². The predicted molar refractivity (Wildman–Crippen MR) is 106 cm³/mol. The van der Waals surface area contributed by atoms with Crippen LogP contribution in [0.5, 0.6) is 0 Å². The molecule has 0 fully saturated rings. The molecule has 0 unspecified atom stereocenters. The molecule has 7 nitrogen and oxygen atoms in total. The molecular formula is C17H16ClF5N6OS. The highest BCUT2D eigenvalue weighted by Crippen LogP contribution is 2.32. The summed E-state index contributed by atoms with van der Waals surface area (Å²) in [7, 11) is 1.45. The standard InChI is InChI=1S/C17H14ClF5N6O.H2S/c1-8(26-16(30)9-3-10(17(21,22)23)5-11(18)4-9)15-24-7-25-29(15)12-6-28(2)27-13(12)14(19)20;/h3-8,14H,1-2H3,(H,26,30);1H2/t8-;/m0./s1. The van der Waals surface area contributed by atoms with Crippen molar-refractivity contribution in [3.05, 3.63) is 58.4 Å². The van der Waals surface area contributed by atoms with Crippen molar-refractivity contribution in [3.8, 4) is 5.69 Å². The molecule has 168 valence electrons. The molecule has 0 saturated carbocycles. The lowest BCUT2D eigenvalue weighted by Crippen LogP contribution is -2.29. The van der Waals surface area contributed by atoms with Gasteiger partial charge in [-0.2, -0.15) is 36.9 Å². The Bertz CT molecular complexity index is 1080. The van der Waals surface area contributed by atoms with Crippen molar-refractivity contribution in [1.82, 2.24) is 29.9 Å². The van der Waals surface area contributed by atoms with Gasteiger partial charge in [0.05, 0.1) is 17.8 Å². The van der Waals surface area contributed by atoms with Crippen LogP contribution < -0.4 is 5.32 Å². The first-order valence-corrected chi connectivity index (χ1v) is 8.75. The quantitative estimate of drug-likeness (QED) is 0.552. The van der Waals surface area contributed by atoms with Crippen molar-refractivity contribution < 1.29 is 26.7 Å². The van der Waals surface area contributed by atoms with Crippen molar-refractivity contribution >= 4 is 31.0 Å². The second kappa shape index (κ2) is 9.22. The Kier molecular flexibility index (Phi) is 7.32. The molecule has 0 aliphatic heterocycles. The number of hydrogen-bond acceptors (Lipinski definition) is 4. The van der Waals surface area contributed by atoms with Crippen LogP contribution in [0, 0.1) is 0 Å². The van der Waals surface area contributed by atoms with Crippen molar-refractivity contribution in [3.63, 3.8) is 0 Å². The minimum atomic E-state index is -4.68. The minimum absolute atomic E-state index is 0. The monoisotopic (exact) mass is 482 g/mol. The van der Waals surface area contributed by atoms with Gasteiger partial charge in [-0.25, -0.2) is 18.4 Å². The van der Waals surface area contributed by atoms with E-state index in [0.717, 1.165) is 17.1 Å². The Hall–Kier alpha value is -2.67. The van der Waals surface area contributed by atoms with E-state index < -0.39 is 35.8 Å². The molecule has 2 heterocycles. The van der Waals surface area contributed by atoms with Crippen molar-refractivity contribution in [2.75, 3.05) is 0 Å². The summed E-state index contributed by atoms with van der Waals surface area (Å²) in [4.78, 5) is 16.5. The smallest absolute Gasteiger partial charge is 0.342 e. The summed E-state index contributed by atoms with van der Waals surface area (Å²) in [6.07, 6.45) is -5.16. The maximum atomic E-state index is 13.3. The van der Waals surface area contributed by atoms with E-state index in [0.29, 0.717) is 12.1 Å². The largest absolute Gasteiger partial charge is 0.416 e. The summed E-state index contributed by atoms with van der Waals surface area (Å²) in [6, 6.07) is 1.56. The third-order valence-electron chi connectivity index (χ3n) is 4.07. The first-order valence-electron chi connectivity index (χ1n) is 8.38. The fourth-order valence-corrected chi connectivity index (χ4v) is 3.01. The van der Waals surface area contributed by atoms with Gasteiger partial charge in [-0.05, 0) is 25.1 Å². The molecule has 14 heteroatoms. The summed E-state index contributed by atoms with van der Waals surface area (Å²) < 4.78 is 67.7. The van der Waals surface area contributed by atoms with Crippen LogP contribution in [-0.4, -0.2) is 30.5 Å². The molecule has 2 aromatic heterocycles. The molecule has 0 aliphatic carbocycles. The molecule has 0 aliphatic rings. The Morgan fingerprint density at radius 1 is 1.23 bits per heavy atom. The van der Waals surface area contributed by atoms with Gasteiger partial charge in [-0.3, -0.25) is 9.48 Å². The van der Waals surface area contributed by atoms with Crippen molar-refractivity contribution in [2.24, 2.45) is 7.05 Å². The number of aryl methyl sites for hydroxylation is 1. The van der Waals surface area contributed by atoms with Crippen LogP contribution in [0.2, 0.25) is 5.02 Å². The SMILES string of the molecule is C[C@H](NC(=O)c1cc(Cl)cc(C(F)(F)F)c1)c1ncnn1-c1cn(C)nc1C(F)F.S. The average Bonchev–Trinajstić information content (AvgIpc) is 3.26. The number of amides is 1. The number of carbonyl (C=O) groups is 1. The molecule has 1 aromatic carbocycles. The second-order valence-corrected chi connectivity index (χ2v) is 6.76. The summed E-state index contributed by atoms with van der Waals surface area (Å²) in [5.74, 6) is -0.776. The summed E-state index contributed by atoms with van der Waals surface area (Å²) in [6.45, 7) is 1.48. The third-order valence-corrected chi connectivity index (χ3v) is 4.29. The van der Waals surface area contributed by atoms with Crippen LogP contribution in [0.3, 0.4) is 0 Å². The average molecular weight is 483 g/mol. The van der Waals surface area contributed by atoms with Gasteiger partial charge in [0, 0.05) is 17.6 Å². The van der Waals surface area contributed by atoms with E-state index in [2.05, 4.69) is 20.5 Å². The fraction of sp³-hybridized carbons (Fsp3) is 0.294. The molecule has 0 radical (unpaired) electrons. The molecule has 3 rings (SSSR count). The van der Waals surface area contributed by atoms with E-state index in [-0.39, 0.29) is 35.6 Å². The van der Waals surface area contributed by atoms with E-state index in [4.69, 9.17) is 11.6 Å². The maximum absolute atomic E-state index is 13.3. The number of nitrogens with zero attached hydrogens (tertiary/aromatic N) is 5. The van der Waals surface area contributed by atoms with Crippen LogP contribution in [0.25, 0.3) is 5.69 Å². The van der Waals surface area contributed by atoms with Crippen LogP contribution in [0.1, 0.15) is 46.8 Å². The number of hydrogen-bond donors (Lipinski definition) is 1. The first kappa shape index (κ1) is 24.6. The van der Waals surface area contributed by atoms with Gasteiger partial charge in [0.15, 0.2) is 11.5 Å². The Labute approximate surface area is 184 Å². The molecule has 0 saturated heterocycles. The molecule has 1 atom stereocenters. The highest BCUT2D eigenvalue weighted by atomic mass is 35.5. The van der Waals surface area contributed by atoms with Gasteiger partial charge in [-0.15, -0.1) is 0 Å².